The van der Waals surface area contributed by atoms with Crippen LogP contribution in [-0.4, -0.2) is 16.7 Å². The van der Waals surface area contributed by atoms with Crippen LogP contribution >= 0.6 is 0 Å². The lowest BCUT2D eigenvalue weighted by Gasteiger charge is -2.12. The van der Waals surface area contributed by atoms with E-state index in [1.54, 1.807) is 0 Å². The van der Waals surface area contributed by atoms with Crippen LogP contribution in [-0.2, 0) is 10.3 Å². The van der Waals surface area contributed by atoms with Crippen molar-refractivity contribution >= 4 is 0 Å². The molecule has 0 saturated heterocycles. The highest BCUT2D eigenvalue weighted by molar-refractivity contribution is 4.99. The van der Waals surface area contributed by atoms with Crippen molar-refractivity contribution in [3.05, 3.63) is 11.7 Å². The van der Waals surface area contributed by atoms with E-state index >= 15 is 0 Å². The third-order valence-electron chi connectivity index (χ3n) is 2.20. The number of nitrogens with zero attached hydrogens (tertiary/aromatic N) is 2. The fourth-order valence-corrected chi connectivity index (χ4v) is 1.38. The molecule has 0 saturated carbocycles. The zero-order chi connectivity index (χ0) is 12.2. The number of nitrogens with two attached hydrogens (primary N) is 1. The predicted molar refractivity (Wildman–Crippen MR) is 60.8 cm³/mol. The van der Waals surface area contributed by atoms with Crippen LogP contribution in [0.4, 0.5) is 0 Å². The molecule has 0 bridgehead atoms. The van der Waals surface area contributed by atoms with Crippen LogP contribution in [0.2, 0.25) is 0 Å². The summed E-state index contributed by atoms with van der Waals surface area (Å²) < 4.78 is 10.7. The first kappa shape index (κ1) is 13.1. The van der Waals surface area contributed by atoms with E-state index in [2.05, 4.69) is 17.1 Å². The Balaban J connectivity index is 2.81. The molecule has 16 heavy (non-hydrogen) atoms. The molecule has 0 amide bonds. The highest BCUT2D eigenvalue weighted by Crippen LogP contribution is 2.22. The number of rotatable bonds is 6. The summed E-state index contributed by atoms with van der Waals surface area (Å²) in [6, 6.07) is 0. The first-order valence-corrected chi connectivity index (χ1v) is 5.73. The molecule has 1 unspecified atom stereocenters. The first-order chi connectivity index (χ1) is 7.49. The van der Waals surface area contributed by atoms with Gasteiger partial charge < -0.3 is 15.0 Å². The number of hydrogen-bond acceptors (Lipinski definition) is 5. The summed E-state index contributed by atoms with van der Waals surface area (Å²) in [5, 5.41) is 3.93. The molecule has 92 valence electrons. The summed E-state index contributed by atoms with van der Waals surface area (Å²) in [6.45, 7) is 8.36. The third kappa shape index (κ3) is 3.28. The van der Waals surface area contributed by atoms with Gasteiger partial charge in [0.2, 0.25) is 11.7 Å². The van der Waals surface area contributed by atoms with Gasteiger partial charge >= 0.3 is 0 Å². The maximum atomic E-state index is 5.88. The summed E-state index contributed by atoms with van der Waals surface area (Å²) in [5.41, 5.74) is 5.28. The minimum Gasteiger partial charge on any atom is -0.370 e. The Morgan fingerprint density at radius 2 is 2.12 bits per heavy atom. The number of hydrogen-bond donors (Lipinski definition) is 1. The molecule has 0 aliphatic carbocycles. The minimum absolute atomic E-state index is 0.0881. The second kappa shape index (κ2) is 5.41. The smallest absolute Gasteiger partial charge is 0.246 e. The van der Waals surface area contributed by atoms with Gasteiger partial charge in [-0.15, -0.1) is 0 Å². The molecular formula is C11H21N3O2. The van der Waals surface area contributed by atoms with E-state index in [0.717, 1.165) is 12.8 Å². The summed E-state index contributed by atoms with van der Waals surface area (Å²) in [5.74, 6) is 1.04. The molecule has 1 atom stereocenters. The Labute approximate surface area is 96.4 Å². The van der Waals surface area contributed by atoms with Crippen LogP contribution in [0.15, 0.2) is 4.52 Å². The lowest BCUT2D eigenvalue weighted by Crippen LogP contribution is -2.29. The second-order valence-electron chi connectivity index (χ2n) is 4.41. The summed E-state index contributed by atoms with van der Waals surface area (Å²) in [6.07, 6.45) is 1.81. The molecular weight excluding hydrogens is 206 g/mol. The van der Waals surface area contributed by atoms with Crippen LogP contribution in [0, 0.1) is 0 Å². The van der Waals surface area contributed by atoms with Crippen LogP contribution in [0.5, 0.6) is 0 Å². The Morgan fingerprint density at radius 3 is 2.56 bits per heavy atom. The lowest BCUT2D eigenvalue weighted by atomic mass is 10.1. The standard InChI is InChI=1S/C11H21N3O2/c1-5-7-8(15-6-2)9-13-10(16-14-9)11(3,4)12/h8H,5-7,12H2,1-4H3. The van der Waals surface area contributed by atoms with Crippen molar-refractivity contribution in [3.63, 3.8) is 0 Å². The van der Waals surface area contributed by atoms with E-state index < -0.39 is 5.54 Å². The quantitative estimate of drug-likeness (QED) is 0.805. The molecule has 1 aromatic rings. The Hall–Kier alpha value is -0.940. The molecule has 0 fully saturated rings. The molecule has 0 radical (unpaired) electrons. The maximum Gasteiger partial charge on any atom is 0.246 e. The maximum absolute atomic E-state index is 5.88. The topological polar surface area (TPSA) is 74.2 Å². The zero-order valence-electron chi connectivity index (χ0n) is 10.5. The predicted octanol–water partition coefficient (Wildman–Crippen LogP) is 2.14. The monoisotopic (exact) mass is 227 g/mol. The van der Waals surface area contributed by atoms with Gasteiger partial charge in [0.15, 0.2) is 0 Å². The largest absolute Gasteiger partial charge is 0.370 e. The SMILES string of the molecule is CCCC(OCC)c1noc(C(C)(C)N)n1. The Morgan fingerprint density at radius 1 is 1.44 bits per heavy atom. The van der Waals surface area contributed by atoms with Gasteiger partial charge in [-0.05, 0) is 27.2 Å². The molecule has 1 heterocycles. The summed E-state index contributed by atoms with van der Waals surface area (Å²) in [4.78, 5) is 4.29. The highest BCUT2D eigenvalue weighted by Gasteiger charge is 2.25. The molecule has 0 aliphatic heterocycles. The summed E-state index contributed by atoms with van der Waals surface area (Å²) >= 11 is 0. The van der Waals surface area contributed by atoms with Gasteiger partial charge in [-0.1, -0.05) is 18.5 Å². The molecule has 2 N–H and O–H groups in total. The van der Waals surface area contributed by atoms with E-state index in [4.69, 9.17) is 15.0 Å². The minimum atomic E-state index is -0.603. The number of aromatic nitrogens is 2. The molecule has 1 rings (SSSR count). The van der Waals surface area contributed by atoms with E-state index in [1.165, 1.54) is 0 Å². The molecule has 5 nitrogen and oxygen atoms in total. The van der Waals surface area contributed by atoms with Gasteiger partial charge in [0, 0.05) is 6.61 Å². The van der Waals surface area contributed by atoms with Gasteiger partial charge in [0.1, 0.15) is 6.10 Å². The van der Waals surface area contributed by atoms with Crippen molar-refractivity contribution in [3.8, 4) is 0 Å². The van der Waals surface area contributed by atoms with Crippen molar-refractivity contribution < 1.29 is 9.26 Å². The van der Waals surface area contributed by atoms with Gasteiger partial charge in [0.05, 0.1) is 5.54 Å². The van der Waals surface area contributed by atoms with Crippen LogP contribution in [0.25, 0.3) is 0 Å². The molecule has 0 spiro atoms. The normalized spacial score (nSPS) is 14.1. The van der Waals surface area contributed by atoms with Crippen LogP contribution in [0.3, 0.4) is 0 Å². The van der Waals surface area contributed by atoms with Crippen molar-refractivity contribution in [2.75, 3.05) is 6.61 Å². The molecule has 5 heteroatoms. The van der Waals surface area contributed by atoms with E-state index in [9.17, 15) is 0 Å². The van der Waals surface area contributed by atoms with Crippen molar-refractivity contribution in [2.24, 2.45) is 5.73 Å². The fraction of sp³-hybridized carbons (Fsp3) is 0.818. The van der Waals surface area contributed by atoms with Gasteiger partial charge in [-0.25, -0.2) is 0 Å². The Bertz CT molecular complexity index is 311. The van der Waals surface area contributed by atoms with Gasteiger partial charge in [-0.2, -0.15) is 4.98 Å². The first-order valence-electron chi connectivity index (χ1n) is 5.73. The summed E-state index contributed by atoms with van der Waals surface area (Å²) in [7, 11) is 0. The van der Waals surface area contributed by atoms with Gasteiger partial charge in [0.25, 0.3) is 0 Å². The lowest BCUT2D eigenvalue weighted by molar-refractivity contribution is 0.0477. The molecule has 1 aromatic heterocycles. The average molecular weight is 227 g/mol. The number of ether oxygens (including phenoxy) is 1. The van der Waals surface area contributed by atoms with Gasteiger partial charge in [-0.3, -0.25) is 0 Å². The van der Waals surface area contributed by atoms with Crippen LogP contribution in [0.1, 0.15) is 58.4 Å². The Kier molecular flexibility index (Phi) is 4.44. The second-order valence-corrected chi connectivity index (χ2v) is 4.41. The highest BCUT2D eigenvalue weighted by atomic mass is 16.5. The van der Waals surface area contributed by atoms with Crippen molar-refractivity contribution in [1.82, 2.24) is 10.1 Å². The van der Waals surface area contributed by atoms with E-state index in [-0.39, 0.29) is 6.10 Å². The average Bonchev–Trinajstić information content (AvgIpc) is 2.65. The van der Waals surface area contributed by atoms with E-state index in [0.29, 0.717) is 18.3 Å². The molecule has 0 aliphatic rings. The molecule has 0 aromatic carbocycles. The van der Waals surface area contributed by atoms with Crippen molar-refractivity contribution in [1.29, 1.82) is 0 Å². The third-order valence-corrected chi connectivity index (χ3v) is 2.20. The van der Waals surface area contributed by atoms with Crippen LogP contribution < -0.4 is 5.73 Å². The van der Waals surface area contributed by atoms with E-state index in [1.807, 2.05) is 20.8 Å². The zero-order valence-corrected chi connectivity index (χ0v) is 10.5. The fourth-order valence-electron chi connectivity index (χ4n) is 1.38. The van der Waals surface area contributed by atoms with Crippen molar-refractivity contribution in [2.45, 2.75) is 52.2 Å².